The van der Waals surface area contributed by atoms with Crippen LogP contribution in [-0.4, -0.2) is 10.9 Å². The molecule has 0 saturated carbocycles. The molecule has 0 unspecified atom stereocenters. The summed E-state index contributed by atoms with van der Waals surface area (Å²) in [5.41, 5.74) is 3.68. The second kappa shape index (κ2) is 8.07. The van der Waals surface area contributed by atoms with Crippen LogP contribution in [0, 0.1) is 10.1 Å². The van der Waals surface area contributed by atoms with E-state index in [4.69, 9.17) is 4.74 Å². The van der Waals surface area contributed by atoms with Gasteiger partial charge in [-0.05, 0) is 34.4 Å². The summed E-state index contributed by atoms with van der Waals surface area (Å²) in [4.78, 5) is 22.2. The summed E-state index contributed by atoms with van der Waals surface area (Å²) in [5, 5.41) is 10.7. The Kier molecular flexibility index (Phi) is 5.39. The quantitative estimate of drug-likeness (QED) is 0.373. The number of benzene rings is 3. The first-order valence-corrected chi connectivity index (χ1v) is 8.15. The number of ether oxygens (including phenoxy) is 1. The van der Waals surface area contributed by atoms with Crippen LogP contribution in [0.5, 0.6) is 0 Å². The maximum absolute atomic E-state index is 12.0. The zero-order valence-corrected chi connectivity index (χ0v) is 14.0. The molecule has 0 bridgehead atoms. The van der Waals surface area contributed by atoms with Crippen LogP contribution in [0.15, 0.2) is 78.9 Å². The summed E-state index contributed by atoms with van der Waals surface area (Å²) >= 11 is 0. The molecule has 5 heteroatoms. The molecule has 3 aromatic rings. The number of hydrogen-bond donors (Lipinski definition) is 0. The minimum absolute atomic E-state index is 0.0616. The molecule has 0 aromatic heterocycles. The van der Waals surface area contributed by atoms with Gasteiger partial charge in [0, 0.05) is 12.1 Å². The van der Waals surface area contributed by atoms with Crippen LogP contribution < -0.4 is 0 Å². The van der Waals surface area contributed by atoms with E-state index >= 15 is 0 Å². The number of nitro benzene ring substituents is 1. The lowest BCUT2D eigenvalue weighted by atomic mass is 10.0. The Morgan fingerprint density at radius 1 is 0.808 bits per heavy atom. The fourth-order valence-electron chi connectivity index (χ4n) is 2.55. The van der Waals surface area contributed by atoms with E-state index in [2.05, 4.69) is 0 Å². The van der Waals surface area contributed by atoms with Crippen molar-refractivity contribution in [1.29, 1.82) is 0 Å². The first-order valence-electron chi connectivity index (χ1n) is 8.15. The predicted molar refractivity (Wildman–Crippen MR) is 98.5 cm³/mol. The van der Waals surface area contributed by atoms with E-state index in [1.165, 1.54) is 12.1 Å². The maximum atomic E-state index is 12.0. The SMILES string of the molecule is O=C(Cc1ccc(-c2ccc([N+](=O)[O-])cc2)cc1)OCc1ccccc1. The molecule has 0 saturated heterocycles. The standard InChI is InChI=1S/C21H17NO4/c23-21(26-15-17-4-2-1-3-5-17)14-16-6-8-18(9-7-16)19-10-12-20(13-11-19)22(24)25/h1-13H,14-15H2. The van der Waals surface area contributed by atoms with Gasteiger partial charge in [-0.3, -0.25) is 14.9 Å². The predicted octanol–water partition coefficient (Wildman–Crippen LogP) is 4.55. The Hall–Kier alpha value is -3.47. The zero-order valence-electron chi connectivity index (χ0n) is 14.0. The molecule has 3 rings (SSSR count). The Morgan fingerprint density at radius 3 is 1.96 bits per heavy atom. The molecule has 5 nitrogen and oxygen atoms in total. The molecule has 0 fully saturated rings. The summed E-state index contributed by atoms with van der Waals surface area (Å²) in [6.07, 6.45) is 0.202. The highest BCUT2D eigenvalue weighted by molar-refractivity contribution is 5.73. The van der Waals surface area contributed by atoms with Gasteiger partial charge >= 0.3 is 5.97 Å². The van der Waals surface area contributed by atoms with Gasteiger partial charge in [-0.15, -0.1) is 0 Å². The zero-order chi connectivity index (χ0) is 18.4. The van der Waals surface area contributed by atoms with E-state index < -0.39 is 4.92 Å². The third-order valence-electron chi connectivity index (χ3n) is 3.96. The van der Waals surface area contributed by atoms with Crippen LogP contribution >= 0.6 is 0 Å². The van der Waals surface area contributed by atoms with Crippen LogP contribution in [0.3, 0.4) is 0 Å². The van der Waals surface area contributed by atoms with Crippen molar-refractivity contribution in [2.75, 3.05) is 0 Å². The van der Waals surface area contributed by atoms with E-state index in [0.717, 1.165) is 22.3 Å². The number of carbonyl (C=O) groups is 1. The third-order valence-corrected chi connectivity index (χ3v) is 3.96. The van der Waals surface area contributed by atoms with Crippen molar-refractivity contribution in [1.82, 2.24) is 0 Å². The molecule has 0 radical (unpaired) electrons. The van der Waals surface area contributed by atoms with Crippen molar-refractivity contribution in [3.8, 4) is 11.1 Å². The van der Waals surface area contributed by atoms with E-state index in [9.17, 15) is 14.9 Å². The largest absolute Gasteiger partial charge is 0.461 e. The van der Waals surface area contributed by atoms with Crippen molar-refractivity contribution in [2.45, 2.75) is 13.0 Å². The molecule has 0 N–H and O–H groups in total. The fourth-order valence-corrected chi connectivity index (χ4v) is 2.55. The van der Waals surface area contributed by atoms with Gasteiger partial charge < -0.3 is 4.74 Å². The summed E-state index contributed by atoms with van der Waals surface area (Å²) in [6.45, 7) is 0.264. The fraction of sp³-hybridized carbons (Fsp3) is 0.0952. The highest BCUT2D eigenvalue weighted by Gasteiger charge is 2.07. The molecule has 26 heavy (non-hydrogen) atoms. The molecule has 0 aliphatic rings. The van der Waals surface area contributed by atoms with Crippen molar-refractivity contribution < 1.29 is 14.5 Å². The van der Waals surface area contributed by atoms with Crippen molar-refractivity contribution >= 4 is 11.7 Å². The monoisotopic (exact) mass is 347 g/mol. The first kappa shape index (κ1) is 17.4. The number of nitrogens with zero attached hydrogens (tertiary/aromatic N) is 1. The number of hydrogen-bond acceptors (Lipinski definition) is 4. The Labute approximate surface area is 151 Å². The Morgan fingerprint density at radius 2 is 1.38 bits per heavy atom. The second-order valence-corrected chi connectivity index (χ2v) is 5.82. The number of nitro groups is 1. The summed E-state index contributed by atoms with van der Waals surface area (Å²) in [5.74, 6) is -0.281. The van der Waals surface area contributed by atoms with Gasteiger partial charge in [0.15, 0.2) is 0 Å². The molecule has 0 aliphatic carbocycles. The minimum atomic E-state index is -0.423. The van der Waals surface area contributed by atoms with Gasteiger partial charge in [-0.1, -0.05) is 54.6 Å². The Balaban J connectivity index is 1.58. The van der Waals surface area contributed by atoms with Crippen LogP contribution in [-0.2, 0) is 22.6 Å². The number of rotatable bonds is 6. The minimum Gasteiger partial charge on any atom is -0.461 e. The van der Waals surface area contributed by atoms with E-state index in [1.807, 2.05) is 54.6 Å². The Bertz CT molecular complexity index is 888. The molecule has 3 aromatic carbocycles. The van der Waals surface area contributed by atoms with Crippen molar-refractivity contribution in [3.05, 3.63) is 100 Å². The highest BCUT2D eigenvalue weighted by Crippen LogP contribution is 2.23. The average Bonchev–Trinajstić information content (AvgIpc) is 2.68. The van der Waals surface area contributed by atoms with Crippen LogP contribution in [0.4, 0.5) is 5.69 Å². The lowest BCUT2D eigenvalue weighted by molar-refractivity contribution is -0.384. The van der Waals surface area contributed by atoms with Crippen LogP contribution in [0.2, 0.25) is 0 Å². The lowest BCUT2D eigenvalue weighted by Crippen LogP contribution is -2.07. The van der Waals surface area contributed by atoms with Gasteiger partial charge in [0.2, 0.25) is 0 Å². The van der Waals surface area contributed by atoms with E-state index in [-0.39, 0.29) is 24.7 Å². The lowest BCUT2D eigenvalue weighted by Gasteiger charge is -2.06. The summed E-state index contributed by atoms with van der Waals surface area (Å²) in [7, 11) is 0. The molecule has 0 spiro atoms. The number of non-ortho nitro benzene ring substituents is 1. The molecule has 0 atom stereocenters. The van der Waals surface area contributed by atoms with Gasteiger partial charge in [-0.2, -0.15) is 0 Å². The van der Waals surface area contributed by atoms with Gasteiger partial charge in [-0.25, -0.2) is 0 Å². The third kappa shape index (κ3) is 4.54. The number of esters is 1. The molecule has 0 amide bonds. The van der Waals surface area contributed by atoms with Gasteiger partial charge in [0.25, 0.3) is 5.69 Å². The van der Waals surface area contributed by atoms with Crippen LogP contribution in [0.1, 0.15) is 11.1 Å². The summed E-state index contributed by atoms with van der Waals surface area (Å²) in [6, 6.07) is 23.4. The van der Waals surface area contributed by atoms with Crippen molar-refractivity contribution in [2.24, 2.45) is 0 Å². The molecule has 130 valence electrons. The molecule has 0 aliphatic heterocycles. The van der Waals surface area contributed by atoms with E-state index in [0.29, 0.717) is 0 Å². The smallest absolute Gasteiger partial charge is 0.310 e. The molecular formula is C21H17NO4. The number of carbonyl (C=O) groups excluding carboxylic acids is 1. The van der Waals surface area contributed by atoms with Gasteiger partial charge in [0.1, 0.15) is 6.61 Å². The highest BCUT2D eigenvalue weighted by atomic mass is 16.6. The van der Waals surface area contributed by atoms with Crippen molar-refractivity contribution in [3.63, 3.8) is 0 Å². The second-order valence-electron chi connectivity index (χ2n) is 5.82. The first-order chi connectivity index (χ1) is 12.6. The molecule has 0 heterocycles. The normalized spacial score (nSPS) is 10.3. The molecular weight excluding hydrogens is 330 g/mol. The average molecular weight is 347 g/mol. The summed E-state index contributed by atoms with van der Waals surface area (Å²) < 4.78 is 5.28. The van der Waals surface area contributed by atoms with E-state index in [1.54, 1.807) is 12.1 Å². The van der Waals surface area contributed by atoms with Crippen LogP contribution in [0.25, 0.3) is 11.1 Å². The topological polar surface area (TPSA) is 69.4 Å². The maximum Gasteiger partial charge on any atom is 0.310 e. The van der Waals surface area contributed by atoms with Gasteiger partial charge in [0.05, 0.1) is 11.3 Å².